The van der Waals surface area contributed by atoms with Crippen molar-refractivity contribution < 1.29 is 0 Å². The smallest absolute Gasteiger partial charge is 0.0702 e. The zero-order valence-electron chi connectivity index (χ0n) is 9.30. The molecule has 0 aliphatic rings. The lowest BCUT2D eigenvalue weighted by atomic mass is 10.0. The molecular formula is C15H12N2. The molecule has 0 atom stereocenters. The molecule has 0 unspecified atom stereocenters. The van der Waals surface area contributed by atoms with E-state index in [-0.39, 0.29) is 0 Å². The normalized spacial score (nSPS) is 10.6. The number of anilines is 1. The van der Waals surface area contributed by atoms with Gasteiger partial charge in [-0.1, -0.05) is 24.3 Å². The van der Waals surface area contributed by atoms with Crippen molar-refractivity contribution in [3.8, 4) is 11.1 Å². The number of fused-ring (bicyclic) bond motifs is 1. The lowest BCUT2D eigenvalue weighted by Gasteiger charge is -2.04. The maximum Gasteiger partial charge on any atom is 0.0702 e. The molecule has 1 heterocycles. The Kier molecular flexibility index (Phi) is 2.26. The highest BCUT2D eigenvalue weighted by Crippen LogP contribution is 2.24. The Morgan fingerprint density at radius 2 is 1.71 bits per heavy atom. The summed E-state index contributed by atoms with van der Waals surface area (Å²) >= 11 is 0. The van der Waals surface area contributed by atoms with Gasteiger partial charge in [0.15, 0.2) is 0 Å². The number of benzene rings is 2. The molecule has 3 rings (SSSR count). The van der Waals surface area contributed by atoms with Crippen molar-refractivity contribution >= 4 is 16.6 Å². The molecule has 2 N–H and O–H groups in total. The Labute approximate surface area is 99.7 Å². The van der Waals surface area contributed by atoms with Crippen LogP contribution in [0.5, 0.6) is 0 Å². The van der Waals surface area contributed by atoms with Crippen molar-refractivity contribution in [2.24, 2.45) is 0 Å². The number of hydrogen-bond acceptors (Lipinski definition) is 2. The third kappa shape index (κ3) is 1.85. The standard InChI is InChI=1S/C15H12N2/c16-14-5-1-3-11(10-14)12-6-7-15-13(9-12)4-2-8-17-15/h1-10H,16H2. The van der Waals surface area contributed by atoms with Crippen LogP contribution in [0.3, 0.4) is 0 Å². The van der Waals surface area contributed by atoms with Crippen molar-refractivity contribution in [3.05, 3.63) is 60.8 Å². The minimum atomic E-state index is 0.786. The first-order valence-electron chi connectivity index (χ1n) is 5.54. The summed E-state index contributed by atoms with van der Waals surface area (Å²) in [7, 11) is 0. The van der Waals surface area contributed by atoms with E-state index in [4.69, 9.17) is 5.73 Å². The summed E-state index contributed by atoms with van der Waals surface area (Å²) in [6.45, 7) is 0. The van der Waals surface area contributed by atoms with E-state index in [9.17, 15) is 0 Å². The maximum atomic E-state index is 5.80. The molecule has 1 aromatic heterocycles. The molecule has 0 bridgehead atoms. The van der Waals surface area contributed by atoms with E-state index in [1.165, 1.54) is 0 Å². The Morgan fingerprint density at radius 1 is 0.824 bits per heavy atom. The summed E-state index contributed by atoms with van der Waals surface area (Å²) < 4.78 is 0. The van der Waals surface area contributed by atoms with Gasteiger partial charge in [0, 0.05) is 17.3 Å². The predicted molar refractivity (Wildman–Crippen MR) is 71.6 cm³/mol. The molecule has 0 aliphatic carbocycles. The highest BCUT2D eigenvalue weighted by molar-refractivity contribution is 5.84. The monoisotopic (exact) mass is 220 g/mol. The van der Waals surface area contributed by atoms with Crippen LogP contribution in [-0.2, 0) is 0 Å². The molecular weight excluding hydrogens is 208 g/mol. The fourth-order valence-electron chi connectivity index (χ4n) is 1.97. The highest BCUT2D eigenvalue weighted by atomic mass is 14.6. The molecule has 2 heteroatoms. The van der Waals surface area contributed by atoms with E-state index in [0.29, 0.717) is 0 Å². The van der Waals surface area contributed by atoms with Crippen LogP contribution < -0.4 is 5.73 Å². The Bertz CT molecular complexity index is 674. The fraction of sp³-hybridized carbons (Fsp3) is 0. The molecule has 2 nitrogen and oxygen atoms in total. The molecule has 2 aromatic carbocycles. The molecule has 17 heavy (non-hydrogen) atoms. The molecule has 0 saturated carbocycles. The van der Waals surface area contributed by atoms with Gasteiger partial charge in [-0.15, -0.1) is 0 Å². The number of pyridine rings is 1. The molecule has 0 aliphatic heterocycles. The molecule has 82 valence electrons. The van der Waals surface area contributed by atoms with E-state index in [1.807, 2.05) is 36.5 Å². The van der Waals surface area contributed by atoms with Gasteiger partial charge in [-0.05, 0) is 41.5 Å². The lowest BCUT2D eigenvalue weighted by Crippen LogP contribution is -1.85. The first kappa shape index (κ1) is 9.85. The fourth-order valence-corrected chi connectivity index (χ4v) is 1.97. The van der Waals surface area contributed by atoms with Crippen molar-refractivity contribution in [3.63, 3.8) is 0 Å². The van der Waals surface area contributed by atoms with Crippen molar-refractivity contribution in [1.29, 1.82) is 0 Å². The van der Waals surface area contributed by atoms with Crippen molar-refractivity contribution in [2.75, 3.05) is 5.73 Å². The van der Waals surface area contributed by atoms with E-state index in [2.05, 4.69) is 29.2 Å². The van der Waals surface area contributed by atoms with Crippen LogP contribution in [0.15, 0.2) is 60.8 Å². The van der Waals surface area contributed by atoms with Gasteiger partial charge in [-0.2, -0.15) is 0 Å². The van der Waals surface area contributed by atoms with E-state index in [0.717, 1.165) is 27.7 Å². The summed E-state index contributed by atoms with van der Waals surface area (Å²) in [6.07, 6.45) is 1.81. The van der Waals surface area contributed by atoms with Gasteiger partial charge >= 0.3 is 0 Å². The van der Waals surface area contributed by atoms with Gasteiger partial charge < -0.3 is 5.73 Å². The summed E-state index contributed by atoms with van der Waals surface area (Å²) in [5.74, 6) is 0. The SMILES string of the molecule is Nc1cccc(-c2ccc3ncccc3c2)c1. The maximum absolute atomic E-state index is 5.80. The molecule has 0 radical (unpaired) electrons. The van der Waals surface area contributed by atoms with Crippen molar-refractivity contribution in [2.45, 2.75) is 0 Å². The number of hydrogen-bond donors (Lipinski definition) is 1. The van der Waals surface area contributed by atoms with Crippen LogP contribution in [-0.4, -0.2) is 4.98 Å². The summed E-state index contributed by atoms with van der Waals surface area (Å²) in [5, 5.41) is 1.15. The topological polar surface area (TPSA) is 38.9 Å². The van der Waals surface area contributed by atoms with Gasteiger partial charge in [0.1, 0.15) is 0 Å². The third-order valence-corrected chi connectivity index (χ3v) is 2.82. The second-order valence-electron chi connectivity index (χ2n) is 4.04. The van der Waals surface area contributed by atoms with Crippen LogP contribution in [0, 0.1) is 0 Å². The van der Waals surface area contributed by atoms with Crippen LogP contribution in [0.1, 0.15) is 0 Å². The minimum Gasteiger partial charge on any atom is -0.399 e. The molecule has 0 saturated heterocycles. The van der Waals surface area contributed by atoms with Crippen LogP contribution >= 0.6 is 0 Å². The molecule has 0 fully saturated rings. The van der Waals surface area contributed by atoms with Crippen LogP contribution in [0.25, 0.3) is 22.0 Å². The van der Waals surface area contributed by atoms with E-state index < -0.39 is 0 Å². The van der Waals surface area contributed by atoms with Gasteiger partial charge in [0.05, 0.1) is 5.52 Å². The number of nitrogens with zero attached hydrogens (tertiary/aromatic N) is 1. The van der Waals surface area contributed by atoms with Gasteiger partial charge in [0.2, 0.25) is 0 Å². The van der Waals surface area contributed by atoms with Crippen molar-refractivity contribution in [1.82, 2.24) is 4.98 Å². The lowest BCUT2D eigenvalue weighted by molar-refractivity contribution is 1.41. The average molecular weight is 220 g/mol. The third-order valence-electron chi connectivity index (χ3n) is 2.82. The average Bonchev–Trinajstić information content (AvgIpc) is 2.38. The van der Waals surface area contributed by atoms with Crippen LogP contribution in [0.4, 0.5) is 5.69 Å². The Balaban J connectivity index is 2.18. The van der Waals surface area contributed by atoms with Crippen LogP contribution in [0.2, 0.25) is 0 Å². The highest BCUT2D eigenvalue weighted by Gasteiger charge is 2.00. The number of rotatable bonds is 1. The number of aromatic nitrogens is 1. The predicted octanol–water partition coefficient (Wildman–Crippen LogP) is 3.48. The summed E-state index contributed by atoms with van der Waals surface area (Å²) in [6, 6.07) is 18.2. The second-order valence-corrected chi connectivity index (χ2v) is 4.04. The zero-order valence-corrected chi connectivity index (χ0v) is 9.30. The molecule has 0 spiro atoms. The number of nitrogen functional groups attached to an aromatic ring is 1. The molecule has 3 aromatic rings. The Morgan fingerprint density at radius 3 is 2.59 bits per heavy atom. The van der Waals surface area contributed by atoms with Gasteiger partial charge in [0.25, 0.3) is 0 Å². The minimum absolute atomic E-state index is 0.786. The summed E-state index contributed by atoms with van der Waals surface area (Å²) in [4.78, 5) is 4.31. The number of nitrogens with two attached hydrogens (primary N) is 1. The first-order valence-corrected chi connectivity index (χ1v) is 5.54. The quantitative estimate of drug-likeness (QED) is 0.637. The summed E-state index contributed by atoms with van der Waals surface area (Å²) in [5.41, 5.74) is 9.90. The van der Waals surface area contributed by atoms with Gasteiger partial charge in [-0.3, -0.25) is 4.98 Å². The Hall–Kier alpha value is -2.35. The first-order chi connectivity index (χ1) is 8.33. The zero-order chi connectivity index (χ0) is 11.7. The van der Waals surface area contributed by atoms with E-state index >= 15 is 0 Å². The largest absolute Gasteiger partial charge is 0.399 e. The van der Waals surface area contributed by atoms with E-state index in [1.54, 1.807) is 0 Å². The van der Waals surface area contributed by atoms with Gasteiger partial charge in [-0.25, -0.2) is 0 Å². The second kappa shape index (κ2) is 3.91. The molecule has 0 amide bonds.